The van der Waals surface area contributed by atoms with Crippen LogP contribution in [0.3, 0.4) is 0 Å². The molecule has 0 aliphatic carbocycles. The van der Waals surface area contributed by atoms with Crippen LogP contribution >= 0.6 is 0 Å². The molecule has 5 nitrogen and oxygen atoms in total. The van der Waals surface area contributed by atoms with Crippen LogP contribution < -0.4 is 4.74 Å². The molecule has 2 fully saturated rings. The molecule has 0 spiro atoms. The van der Waals surface area contributed by atoms with Crippen molar-refractivity contribution >= 4 is 5.97 Å². The van der Waals surface area contributed by atoms with Gasteiger partial charge in [-0.3, -0.25) is 4.79 Å². The Bertz CT molecular complexity index is 516. The van der Waals surface area contributed by atoms with E-state index in [1.165, 1.54) is 0 Å². The molecule has 0 amide bonds. The highest BCUT2D eigenvalue weighted by Gasteiger charge is 2.42. The number of ether oxygens (including phenoxy) is 3. The molecule has 5 heteroatoms. The summed E-state index contributed by atoms with van der Waals surface area (Å²) in [4.78, 5) is 11.8. The van der Waals surface area contributed by atoms with Gasteiger partial charge in [0.1, 0.15) is 5.75 Å². The van der Waals surface area contributed by atoms with E-state index in [2.05, 4.69) is 0 Å². The quantitative estimate of drug-likeness (QED) is 0.903. The van der Waals surface area contributed by atoms with Crippen molar-refractivity contribution in [3.8, 4) is 5.75 Å². The van der Waals surface area contributed by atoms with Gasteiger partial charge in [-0.2, -0.15) is 0 Å². The first-order chi connectivity index (χ1) is 10.7. The molecule has 2 heterocycles. The third-order valence-electron chi connectivity index (χ3n) is 4.65. The zero-order chi connectivity index (χ0) is 15.4. The van der Waals surface area contributed by atoms with Gasteiger partial charge < -0.3 is 19.3 Å². The first-order valence-corrected chi connectivity index (χ1v) is 7.83. The molecule has 120 valence electrons. The van der Waals surface area contributed by atoms with E-state index < -0.39 is 11.4 Å². The molecule has 2 aliphatic rings. The van der Waals surface area contributed by atoms with Crippen molar-refractivity contribution in [1.29, 1.82) is 0 Å². The van der Waals surface area contributed by atoms with Crippen molar-refractivity contribution in [2.24, 2.45) is 5.92 Å². The van der Waals surface area contributed by atoms with Gasteiger partial charge in [0.15, 0.2) is 0 Å². The maximum absolute atomic E-state index is 11.8. The lowest BCUT2D eigenvalue weighted by Crippen LogP contribution is -2.41. The third kappa shape index (κ3) is 3.10. The predicted octanol–water partition coefficient (Wildman–Crippen LogP) is 2.23. The molecular formula is C17H22O5. The molecule has 0 aromatic heterocycles. The number of hydrogen-bond acceptors (Lipinski definition) is 4. The van der Waals surface area contributed by atoms with Gasteiger partial charge in [-0.15, -0.1) is 0 Å². The van der Waals surface area contributed by atoms with Crippen LogP contribution in [0.1, 0.15) is 24.8 Å². The van der Waals surface area contributed by atoms with Crippen molar-refractivity contribution in [2.75, 3.05) is 33.0 Å². The van der Waals surface area contributed by atoms with Crippen LogP contribution in [0.15, 0.2) is 24.3 Å². The number of carboxylic acids is 1. The van der Waals surface area contributed by atoms with Crippen molar-refractivity contribution in [2.45, 2.75) is 24.7 Å². The Balaban J connectivity index is 1.75. The monoisotopic (exact) mass is 306 g/mol. The third-order valence-corrected chi connectivity index (χ3v) is 4.65. The first kappa shape index (κ1) is 15.3. The van der Waals surface area contributed by atoms with Crippen LogP contribution in [0.4, 0.5) is 0 Å². The maximum Gasteiger partial charge on any atom is 0.314 e. The second kappa shape index (κ2) is 6.67. The van der Waals surface area contributed by atoms with Crippen LogP contribution in [0.5, 0.6) is 5.75 Å². The minimum Gasteiger partial charge on any atom is -0.493 e. The number of carbonyl (C=O) groups is 1. The summed E-state index contributed by atoms with van der Waals surface area (Å²) in [5.74, 6) is 0.383. The van der Waals surface area contributed by atoms with Crippen LogP contribution in [0, 0.1) is 5.92 Å². The number of benzene rings is 1. The number of aliphatic carboxylic acids is 1. The van der Waals surface area contributed by atoms with E-state index in [4.69, 9.17) is 14.2 Å². The molecule has 0 radical (unpaired) electrons. The van der Waals surface area contributed by atoms with Crippen molar-refractivity contribution in [1.82, 2.24) is 0 Å². The Kier molecular flexibility index (Phi) is 4.64. The predicted molar refractivity (Wildman–Crippen MR) is 80.2 cm³/mol. The van der Waals surface area contributed by atoms with Gasteiger partial charge in [0.25, 0.3) is 0 Å². The average Bonchev–Trinajstić information content (AvgIpc) is 3.07. The van der Waals surface area contributed by atoms with Crippen molar-refractivity contribution < 1.29 is 24.1 Å². The molecule has 22 heavy (non-hydrogen) atoms. The molecule has 1 atom stereocenters. The average molecular weight is 306 g/mol. The first-order valence-electron chi connectivity index (χ1n) is 7.83. The highest BCUT2D eigenvalue weighted by atomic mass is 16.5. The summed E-state index contributed by atoms with van der Waals surface area (Å²) in [6, 6.07) is 7.50. The fraction of sp³-hybridized carbons (Fsp3) is 0.588. The van der Waals surface area contributed by atoms with E-state index >= 15 is 0 Å². The Labute approximate surface area is 130 Å². The fourth-order valence-electron chi connectivity index (χ4n) is 3.16. The Hall–Kier alpha value is -1.59. The second-order valence-corrected chi connectivity index (χ2v) is 6.07. The van der Waals surface area contributed by atoms with E-state index in [0.29, 0.717) is 38.6 Å². The normalized spacial score (nSPS) is 24.1. The van der Waals surface area contributed by atoms with E-state index in [-0.39, 0.29) is 0 Å². The van der Waals surface area contributed by atoms with Crippen LogP contribution in [0.25, 0.3) is 0 Å². The van der Waals surface area contributed by atoms with Crippen molar-refractivity contribution in [3.63, 3.8) is 0 Å². The van der Waals surface area contributed by atoms with Crippen LogP contribution in [0.2, 0.25) is 0 Å². The Morgan fingerprint density at radius 1 is 1.27 bits per heavy atom. The Morgan fingerprint density at radius 3 is 2.77 bits per heavy atom. The fourth-order valence-corrected chi connectivity index (χ4v) is 3.16. The summed E-state index contributed by atoms with van der Waals surface area (Å²) in [7, 11) is 0. The topological polar surface area (TPSA) is 65.0 Å². The van der Waals surface area contributed by atoms with Gasteiger partial charge in [0.2, 0.25) is 0 Å². The molecule has 1 aromatic carbocycles. The summed E-state index contributed by atoms with van der Waals surface area (Å²) >= 11 is 0. The summed E-state index contributed by atoms with van der Waals surface area (Å²) in [5.41, 5.74) is -0.0443. The Morgan fingerprint density at radius 2 is 2.09 bits per heavy atom. The lowest BCUT2D eigenvalue weighted by atomic mass is 9.74. The van der Waals surface area contributed by atoms with Gasteiger partial charge in [0.05, 0.1) is 18.6 Å². The second-order valence-electron chi connectivity index (χ2n) is 6.07. The number of hydrogen-bond donors (Lipinski definition) is 1. The molecule has 0 bridgehead atoms. The molecule has 1 N–H and O–H groups in total. The summed E-state index contributed by atoms with van der Waals surface area (Å²) in [5, 5.41) is 9.72. The molecule has 0 saturated carbocycles. The largest absolute Gasteiger partial charge is 0.493 e. The van der Waals surface area contributed by atoms with Crippen LogP contribution in [-0.4, -0.2) is 44.1 Å². The van der Waals surface area contributed by atoms with Gasteiger partial charge in [-0.25, -0.2) is 0 Å². The SMILES string of the molecule is O=C(O)C1(c2cccc(OC[C@@H]3CCOC3)c2)CCOCC1. The molecule has 3 rings (SSSR count). The van der Waals surface area contributed by atoms with Crippen molar-refractivity contribution in [3.05, 3.63) is 29.8 Å². The zero-order valence-corrected chi connectivity index (χ0v) is 12.6. The number of carboxylic acid groups (broad SMARTS) is 1. The minimum absolute atomic E-state index is 0.431. The van der Waals surface area contributed by atoms with E-state index in [1.54, 1.807) is 0 Å². The molecule has 2 aliphatic heterocycles. The molecule has 2 saturated heterocycles. The van der Waals surface area contributed by atoms with Gasteiger partial charge in [-0.1, -0.05) is 12.1 Å². The smallest absolute Gasteiger partial charge is 0.314 e. The van der Waals surface area contributed by atoms with E-state index in [1.807, 2.05) is 24.3 Å². The lowest BCUT2D eigenvalue weighted by Gasteiger charge is -2.33. The summed E-state index contributed by atoms with van der Waals surface area (Å²) in [6.45, 7) is 3.13. The molecule has 0 unspecified atom stereocenters. The van der Waals surface area contributed by atoms with Crippen LogP contribution in [-0.2, 0) is 19.7 Å². The highest BCUT2D eigenvalue weighted by Crippen LogP contribution is 2.36. The minimum atomic E-state index is -0.853. The standard InChI is InChI=1S/C17H22O5/c18-16(19)17(5-8-20-9-6-17)14-2-1-3-15(10-14)22-12-13-4-7-21-11-13/h1-3,10,13H,4-9,11-12H2,(H,18,19)/t13-/m1/s1. The molecule has 1 aromatic rings. The summed E-state index contributed by atoms with van der Waals surface area (Å²) < 4.78 is 16.5. The summed E-state index contributed by atoms with van der Waals surface area (Å²) in [6.07, 6.45) is 2.03. The maximum atomic E-state index is 11.8. The van der Waals surface area contributed by atoms with Gasteiger partial charge >= 0.3 is 5.97 Å². The van der Waals surface area contributed by atoms with Gasteiger partial charge in [-0.05, 0) is 37.0 Å². The number of rotatable bonds is 5. The molecular weight excluding hydrogens is 284 g/mol. The lowest BCUT2D eigenvalue weighted by molar-refractivity contribution is -0.147. The highest BCUT2D eigenvalue weighted by molar-refractivity contribution is 5.81. The van der Waals surface area contributed by atoms with E-state index in [9.17, 15) is 9.90 Å². The van der Waals surface area contributed by atoms with E-state index in [0.717, 1.165) is 30.9 Å². The van der Waals surface area contributed by atoms with Gasteiger partial charge in [0, 0.05) is 25.7 Å². The zero-order valence-electron chi connectivity index (χ0n) is 12.6.